The molecule has 1 amide bonds. The third kappa shape index (κ3) is 2.10. The molecule has 1 rings (SSSR count). The van der Waals surface area contributed by atoms with Crippen LogP contribution in [-0.2, 0) is 14.3 Å². The highest BCUT2D eigenvalue weighted by Crippen LogP contribution is 2.16. The Labute approximate surface area is 81.7 Å². The largest absolute Gasteiger partial charge is 0.468 e. The summed E-state index contributed by atoms with van der Waals surface area (Å²) in [5.41, 5.74) is 5.65. The first kappa shape index (κ1) is 10.2. The Bertz CT molecular complexity index is 334. The second-order valence-electron chi connectivity index (χ2n) is 2.77. The second-order valence-corrected chi connectivity index (χ2v) is 2.77. The number of carbonyl (C=O) groups is 2. The topological polar surface area (TPSA) is 69.4 Å². The SMILES string of the molecule is COC(=O)C(C(N)=O)c1ccccc1. The van der Waals surface area contributed by atoms with Crippen LogP contribution in [0.3, 0.4) is 0 Å². The van der Waals surface area contributed by atoms with Crippen LogP contribution in [0.25, 0.3) is 0 Å². The zero-order valence-electron chi connectivity index (χ0n) is 7.77. The molecule has 4 nitrogen and oxygen atoms in total. The molecule has 4 heteroatoms. The lowest BCUT2D eigenvalue weighted by atomic mass is 9.99. The van der Waals surface area contributed by atoms with Crippen molar-refractivity contribution in [1.82, 2.24) is 0 Å². The normalized spacial score (nSPS) is 11.8. The molecule has 74 valence electrons. The zero-order chi connectivity index (χ0) is 10.6. The number of primary amides is 1. The average Bonchev–Trinajstić information content (AvgIpc) is 2.19. The van der Waals surface area contributed by atoms with Crippen LogP contribution in [0, 0.1) is 0 Å². The molecule has 0 aliphatic carbocycles. The van der Waals surface area contributed by atoms with Gasteiger partial charge in [0.05, 0.1) is 7.11 Å². The quantitative estimate of drug-likeness (QED) is 0.559. The summed E-state index contributed by atoms with van der Waals surface area (Å²) in [6.07, 6.45) is 0. The molecule has 1 unspecified atom stereocenters. The molecule has 0 aliphatic rings. The van der Waals surface area contributed by atoms with Gasteiger partial charge in [-0.05, 0) is 5.56 Å². The molecular formula is C10H11NO3. The highest BCUT2D eigenvalue weighted by atomic mass is 16.5. The summed E-state index contributed by atoms with van der Waals surface area (Å²) in [6, 6.07) is 8.57. The van der Waals surface area contributed by atoms with Crippen molar-refractivity contribution in [3.8, 4) is 0 Å². The molecule has 0 bridgehead atoms. The van der Waals surface area contributed by atoms with E-state index in [1.54, 1.807) is 30.3 Å². The summed E-state index contributed by atoms with van der Waals surface area (Å²) in [5.74, 6) is -2.35. The highest BCUT2D eigenvalue weighted by Gasteiger charge is 2.26. The van der Waals surface area contributed by atoms with Crippen molar-refractivity contribution < 1.29 is 14.3 Å². The maximum atomic E-state index is 11.2. The van der Waals surface area contributed by atoms with Crippen LogP contribution in [0.2, 0.25) is 0 Å². The molecule has 14 heavy (non-hydrogen) atoms. The predicted molar refractivity (Wildman–Crippen MR) is 50.4 cm³/mol. The first-order chi connectivity index (χ1) is 6.66. The van der Waals surface area contributed by atoms with Crippen molar-refractivity contribution in [2.75, 3.05) is 7.11 Å². The molecule has 1 aromatic carbocycles. The van der Waals surface area contributed by atoms with E-state index in [0.29, 0.717) is 5.56 Å². The number of esters is 1. The van der Waals surface area contributed by atoms with Gasteiger partial charge in [-0.25, -0.2) is 0 Å². The number of carbonyl (C=O) groups excluding carboxylic acids is 2. The second kappa shape index (κ2) is 4.41. The lowest BCUT2D eigenvalue weighted by Gasteiger charge is -2.10. The molecule has 2 N–H and O–H groups in total. The Balaban J connectivity index is 3.01. The van der Waals surface area contributed by atoms with Crippen LogP contribution in [0.1, 0.15) is 11.5 Å². The summed E-state index contributed by atoms with van der Waals surface area (Å²) in [4.78, 5) is 22.3. The van der Waals surface area contributed by atoms with E-state index < -0.39 is 17.8 Å². The molecule has 0 saturated carbocycles. The van der Waals surface area contributed by atoms with E-state index in [0.717, 1.165) is 0 Å². The first-order valence-corrected chi connectivity index (χ1v) is 4.09. The summed E-state index contributed by atoms with van der Waals surface area (Å²) in [5, 5.41) is 0. The molecule has 0 radical (unpaired) electrons. The van der Waals surface area contributed by atoms with Gasteiger partial charge in [0.2, 0.25) is 5.91 Å². The number of amides is 1. The van der Waals surface area contributed by atoms with E-state index >= 15 is 0 Å². The third-order valence-corrected chi connectivity index (χ3v) is 1.85. The molecule has 0 saturated heterocycles. The van der Waals surface area contributed by atoms with E-state index in [-0.39, 0.29) is 0 Å². The minimum atomic E-state index is -1.01. The van der Waals surface area contributed by atoms with Crippen molar-refractivity contribution in [2.45, 2.75) is 5.92 Å². The Morgan fingerprint density at radius 3 is 2.29 bits per heavy atom. The van der Waals surface area contributed by atoms with E-state index in [1.807, 2.05) is 0 Å². The number of benzene rings is 1. The van der Waals surface area contributed by atoms with Crippen molar-refractivity contribution >= 4 is 11.9 Å². The molecule has 1 aromatic rings. The maximum Gasteiger partial charge on any atom is 0.322 e. The van der Waals surface area contributed by atoms with Gasteiger partial charge in [-0.1, -0.05) is 30.3 Å². The van der Waals surface area contributed by atoms with Crippen molar-refractivity contribution in [2.24, 2.45) is 5.73 Å². The fraction of sp³-hybridized carbons (Fsp3) is 0.200. The van der Waals surface area contributed by atoms with Gasteiger partial charge in [0.1, 0.15) is 0 Å². The fourth-order valence-electron chi connectivity index (χ4n) is 1.18. The maximum absolute atomic E-state index is 11.2. The molecule has 0 aliphatic heterocycles. The Morgan fingerprint density at radius 2 is 1.86 bits per heavy atom. The minimum Gasteiger partial charge on any atom is -0.468 e. The van der Waals surface area contributed by atoms with E-state index in [2.05, 4.69) is 4.74 Å². The number of rotatable bonds is 3. The van der Waals surface area contributed by atoms with Crippen LogP contribution >= 0.6 is 0 Å². The standard InChI is InChI=1S/C10H11NO3/c1-14-10(13)8(9(11)12)7-5-3-2-4-6-7/h2-6,8H,1H3,(H2,11,12). The Kier molecular flexibility index (Phi) is 3.23. The van der Waals surface area contributed by atoms with Crippen LogP contribution < -0.4 is 5.73 Å². The lowest BCUT2D eigenvalue weighted by Crippen LogP contribution is -2.29. The van der Waals surface area contributed by atoms with Crippen LogP contribution in [0.15, 0.2) is 30.3 Å². The number of ether oxygens (including phenoxy) is 1. The smallest absolute Gasteiger partial charge is 0.322 e. The van der Waals surface area contributed by atoms with E-state index in [1.165, 1.54) is 7.11 Å². The number of methoxy groups -OCH3 is 1. The predicted octanol–water partition coefficient (Wildman–Crippen LogP) is 0.428. The fourth-order valence-corrected chi connectivity index (χ4v) is 1.18. The summed E-state index contributed by atoms with van der Waals surface area (Å²) in [6.45, 7) is 0. The summed E-state index contributed by atoms with van der Waals surface area (Å²) in [7, 11) is 1.22. The van der Waals surface area contributed by atoms with Gasteiger partial charge in [0.15, 0.2) is 5.92 Å². The van der Waals surface area contributed by atoms with E-state index in [4.69, 9.17) is 5.73 Å². The van der Waals surface area contributed by atoms with Crippen LogP contribution in [0.4, 0.5) is 0 Å². The molecule has 0 fully saturated rings. The number of hydrogen-bond donors (Lipinski definition) is 1. The monoisotopic (exact) mass is 193 g/mol. The minimum absolute atomic E-state index is 0.548. The highest BCUT2D eigenvalue weighted by molar-refractivity contribution is 6.02. The summed E-state index contributed by atoms with van der Waals surface area (Å²) >= 11 is 0. The van der Waals surface area contributed by atoms with Crippen LogP contribution in [0.5, 0.6) is 0 Å². The van der Waals surface area contributed by atoms with Gasteiger partial charge in [0, 0.05) is 0 Å². The molecule has 0 aromatic heterocycles. The van der Waals surface area contributed by atoms with Gasteiger partial charge in [0.25, 0.3) is 0 Å². The zero-order valence-corrected chi connectivity index (χ0v) is 7.77. The molecule has 0 heterocycles. The average molecular weight is 193 g/mol. The van der Waals surface area contributed by atoms with Gasteiger partial charge in [-0.3, -0.25) is 9.59 Å². The van der Waals surface area contributed by atoms with Crippen LogP contribution in [-0.4, -0.2) is 19.0 Å². The number of nitrogens with two attached hydrogens (primary N) is 1. The third-order valence-electron chi connectivity index (χ3n) is 1.85. The van der Waals surface area contributed by atoms with Gasteiger partial charge >= 0.3 is 5.97 Å². The van der Waals surface area contributed by atoms with Crippen molar-refractivity contribution in [3.63, 3.8) is 0 Å². The Morgan fingerprint density at radius 1 is 1.29 bits per heavy atom. The van der Waals surface area contributed by atoms with Gasteiger partial charge < -0.3 is 10.5 Å². The first-order valence-electron chi connectivity index (χ1n) is 4.09. The molecular weight excluding hydrogens is 182 g/mol. The molecule has 1 atom stereocenters. The van der Waals surface area contributed by atoms with Gasteiger partial charge in [-0.2, -0.15) is 0 Å². The van der Waals surface area contributed by atoms with Gasteiger partial charge in [-0.15, -0.1) is 0 Å². The lowest BCUT2D eigenvalue weighted by molar-refractivity contribution is -0.145. The molecule has 0 spiro atoms. The van der Waals surface area contributed by atoms with Crippen molar-refractivity contribution in [3.05, 3.63) is 35.9 Å². The van der Waals surface area contributed by atoms with E-state index in [9.17, 15) is 9.59 Å². The Hall–Kier alpha value is -1.84. The summed E-state index contributed by atoms with van der Waals surface area (Å²) < 4.78 is 4.49. The number of hydrogen-bond acceptors (Lipinski definition) is 3. The van der Waals surface area contributed by atoms with Crippen molar-refractivity contribution in [1.29, 1.82) is 0 Å².